The summed E-state index contributed by atoms with van der Waals surface area (Å²) in [4.78, 5) is 26.5. The number of benzene rings is 2. The zero-order valence-electron chi connectivity index (χ0n) is 15.9. The number of anilines is 1. The van der Waals surface area contributed by atoms with E-state index in [-0.39, 0.29) is 11.9 Å². The van der Waals surface area contributed by atoms with Gasteiger partial charge in [0.1, 0.15) is 0 Å². The Hall–Kier alpha value is -2.53. The Morgan fingerprint density at radius 1 is 1.11 bits per heavy atom. The summed E-state index contributed by atoms with van der Waals surface area (Å²) in [6, 6.07) is 16.9. The Morgan fingerprint density at radius 2 is 1.93 bits per heavy atom. The predicted octanol–water partition coefficient (Wildman–Crippen LogP) is 4.68. The molecule has 0 radical (unpaired) electrons. The van der Waals surface area contributed by atoms with Gasteiger partial charge in [0.2, 0.25) is 5.91 Å². The lowest BCUT2D eigenvalue weighted by molar-refractivity contribution is -0.121. The first-order valence-corrected chi connectivity index (χ1v) is 10.1. The first-order chi connectivity index (χ1) is 13.6. The van der Waals surface area contributed by atoms with Crippen LogP contribution in [0.1, 0.15) is 31.2 Å². The van der Waals surface area contributed by atoms with Crippen LogP contribution in [-0.4, -0.2) is 29.9 Å². The second-order valence-corrected chi connectivity index (χ2v) is 7.63. The van der Waals surface area contributed by atoms with Crippen LogP contribution in [0.5, 0.6) is 0 Å². The van der Waals surface area contributed by atoms with Crippen molar-refractivity contribution in [2.75, 3.05) is 18.4 Å². The fraction of sp³-hybridized carbons (Fsp3) is 0.364. The Kier molecular flexibility index (Phi) is 7.31. The molecule has 1 aliphatic rings. The summed E-state index contributed by atoms with van der Waals surface area (Å²) >= 11 is 5.96. The average molecular weight is 400 g/mol. The van der Waals surface area contributed by atoms with Crippen LogP contribution < -0.4 is 10.6 Å². The van der Waals surface area contributed by atoms with Gasteiger partial charge >= 0.3 is 6.03 Å². The van der Waals surface area contributed by atoms with E-state index in [1.54, 1.807) is 0 Å². The van der Waals surface area contributed by atoms with Gasteiger partial charge in [-0.15, -0.1) is 0 Å². The van der Waals surface area contributed by atoms with Crippen LogP contribution >= 0.6 is 11.6 Å². The van der Waals surface area contributed by atoms with E-state index < -0.39 is 0 Å². The third-order valence-electron chi connectivity index (χ3n) is 4.99. The number of piperidine rings is 1. The van der Waals surface area contributed by atoms with E-state index in [4.69, 9.17) is 11.6 Å². The molecule has 1 fully saturated rings. The molecule has 5 nitrogen and oxygen atoms in total. The number of halogens is 1. The molecule has 2 aromatic rings. The van der Waals surface area contributed by atoms with Gasteiger partial charge in [0.25, 0.3) is 0 Å². The van der Waals surface area contributed by atoms with E-state index in [0.29, 0.717) is 30.5 Å². The molecule has 0 aliphatic carbocycles. The van der Waals surface area contributed by atoms with Crippen LogP contribution in [0.3, 0.4) is 0 Å². The standard InChI is InChI=1S/C22H26ClN3O2/c23-19-8-4-6-18(14-19)15-24-21(27)12-11-17-7-5-13-26(16-17)22(28)25-20-9-2-1-3-10-20/h1-4,6,8-10,14,17H,5,7,11-13,15-16H2,(H,24,27)(H,25,28)/t17-/m1/s1. The molecule has 1 aliphatic heterocycles. The number of nitrogens with zero attached hydrogens (tertiary/aromatic N) is 1. The van der Waals surface area contributed by atoms with E-state index in [0.717, 1.165) is 37.1 Å². The van der Waals surface area contributed by atoms with E-state index >= 15 is 0 Å². The fourth-order valence-corrected chi connectivity index (χ4v) is 3.69. The van der Waals surface area contributed by atoms with Gasteiger partial charge in [-0.05, 0) is 55.0 Å². The number of carbonyl (C=O) groups is 2. The molecule has 3 rings (SSSR count). The highest BCUT2D eigenvalue weighted by Crippen LogP contribution is 2.22. The summed E-state index contributed by atoms with van der Waals surface area (Å²) in [5, 5.41) is 6.55. The lowest BCUT2D eigenvalue weighted by atomic mass is 9.93. The zero-order chi connectivity index (χ0) is 19.8. The largest absolute Gasteiger partial charge is 0.352 e. The van der Waals surface area contributed by atoms with Crippen LogP contribution in [0.2, 0.25) is 5.02 Å². The van der Waals surface area contributed by atoms with Gasteiger partial charge in [0, 0.05) is 36.8 Å². The van der Waals surface area contributed by atoms with E-state index in [1.165, 1.54) is 0 Å². The first-order valence-electron chi connectivity index (χ1n) is 9.72. The second kappa shape index (κ2) is 10.1. The van der Waals surface area contributed by atoms with Crippen molar-refractivity contribution in [3.05, 3.63) is 65.2 Å². The van der Waals surface area contributed by atoms with Crippen LogP contribution in [0.4, 0.5) is 10.5 Å². The van der Waals surface area contributed by atoms with Gasteiger partial charge in [0.15, 0.2) is 0 Å². The van der Waals surface area contributed by atoms with Crippen molar-refractivity contribution < 1.29 is 9.59 Å². The number of hydrogen-bond donors (Lipinski definition) is 2. The summed E-state index contributed by atoms with van der Waals surface area (Å²) in [6.07, 6.45) is 3.28. The molecule has 1 heterocycles. The van der Waals surface area contributed by atoms with Gasteiger partial charge in [-0.1, -0.05) is 41.9 Å². The molecule has 0 aromatic heterocycles. The maximum absolute atomic E-state index is 12.5. The molecule has 0 bridgehead atoms. The zero-order valence-corrected chi connectivity index (χ0v) is 16.6. The number of carbonyl (C=O) groups excluding carboxylic acids is 2. The minimum absolute atomic E-state index is 0.0332. The summed E-state index contributed by atoms with van der Waals surface area (Å²) < 4.78 is 0. The quantitative estimate of drug-likeness (QED) is 0.740. The number of urea groups is 1. The molecular formula is C22H26ClN3O2. The molecule has 28 heavy (non-hydrogen) atoms. The lowest BCUT2D eigenvalue weighted by Crippen LogP contribution is -2.42. The summed E-state index contributed by atoms with van der Waals surface area (Å²) in [6.45, 7) is 1.94. The normalized spacial score (nSPS) is 16.5. The molecule has 0 unspecified atom stereocenters. The second-order valence-electron chi connectivity index (χ2n) is 7.20. The van der Waals surface area contributed by atoms with Gasteiger partial charge < -0.3 is 15.5 Å². The number of nitrogens with one attached hydrogen (secondary N) is 2. The van der Waals surface area contributed by atoms with Crippen LogP contribution in [0.25, 0.3) is 0 Å². The topological polar surface area (TPSA) is 61.4 Å². The van der Waals surface area contributed by atoms with E-state index in [2.05, 4.69) is 10.6 Å². The van der Waals surface area contributed by atoms with Crippen molar-refractivity contribution in [2.45, 2.75) is 32.2 Å². The van der Waals surface area contributed by atoms with Crippen molar-refractivity contribution in [1.29, 1.82) is 0 Å². The minimum Gasteiger partial charge on any atom is -0.352 e. The average Bonchev–Trinajstić information content (AvgIpc) is 2.72. The summed E-state index contributed by atoms with van der Waals surface area (Å²) in [5.41, 5.74) is 1.79. The van der Waals surface area contributed by atoms with Gasteiger partial charge in [-0.25, -0.2) is 4.79 Å². The van der Waals surface area contributed by atoms with Crippen molar-refractivity contribution in [3.63, 3.8) is 0 Å². The fourth-order valence-electron chi connectivity index (χ4n) is 3.48. The van der Waals surface area contributed by atoms with Crippen molar-refractivity contribution >= 4 is 29.2 Å². The highest BCUT2D eigenvalue weighted by Gasteiger charge is 2.24. The van der Waals surface area contributed by atoms with Crippen LogP contribution in [0.15, 0.2) is 54.6 Å². The SMILES string of the molecule is O=C(CC[C@H]1CCCN(C(=O)Nc2ccccc2)C1)NCc1cccc(Cl)c1. The molecule has 2 aromatic carbocycles. The molecular weight excluding hydrogens is 374 g/mol. The molecule has 1 saturated heterocycles. The van der Waals surface area contributed by atoms with Crippen LogP contribution in [0, 0.1) is 5.92 Å². The van der Waals surface area contributed by atoms with Crippen molar-refractivity contribution in [1.82, 2.24) is 10.2 Å². The minimum atomic E-state index is -0.0682. The molecule has 1 atom stereocenters. The van der Waals surface area contributed by atoms with E-state index in [1.807, 2.05) is 59.5 Å². The lowest BCUT2D eigenvalue weighted by Gasteiger charge is -2.32. The molecule has 0 saturated carbocycles. The molecule has 0 spiro atoms. The molecule has 148 valence electrons. The number of amides is 3. The summed E-state index contributed by atoms with van der Waals surface area (Å²) in [7, 11) is 0. The predicted molar refractivity (Wildman–Crippen MR) is 112 cm³/mol. The molecule has 3 amide bonds. The monoisotopic (exact) mass is 399 g/mol. The van der Waals surface area contributed by atoms with Gasteiger partial charge in [0.05, 0.1) is 0 Å². The third kappa shape index (κ3) is 6.27. The Balaban J connectivity index is 1.40. The number of likely N-dealkylation sites (tertiary alicyclic amines) is 1. The number of para-hydroxylation sites is 1. The Labute approximate surface area is 171 Å². The highest BCUT2D eigenvalue weighted by molar-refractivity contribution is 6.30. The summed E-state index contributed by atoms with van der Waals surface area (Å²) in [5.74, 6) is 0.387. The first kappa shape index (κ1) is 20.2. The highest BCUT2D eigenvalue weighted by atomic mass is 35.5. The maximum Gasteiger partial charge on any atom is 0.321 e. The number of hydrogen-bond acceptors (Lipinski definition) is 2. The van der Waals surface area contributed by atoms with Crippen molar-refractivity contribution in [3.8, 4) is 0 Å². The van der Waals surface area contributed by atoms with Crippen LogP contribution in [-0.2, 0) is 11.3 Å². The van der Waals surface area contributed by atoms with E-state index in [9.17, 15) is 9.59 Å². The number of rotatable bonds is 6. The van der Waals surface area contributed by atoms with Gasteiger partial charge in [-0.2, -0.15) is 0 Å². The van der Waals surface area contributed by atoms with Crippen molar-refractivity contribution in [2.24, 2.45) is 5.92 Å². The molecule has 6 heteroatoms. The third-order valence-corrected chi connectivity index (χ3v) is 5.22. The smallest absolute Gasteiger partial charge is 0.321 e. The molecule has 2 N–H and O–H groups in total. The Bertz CT molecular complexity index is 797. The van der Waals surface area contributed by atoms with Gasteiger partial charge in [-0.3, -0.25) is 4.79 Å². The Morgan fingerprint density at radius 3 is 2.71 bits per heavy atom. The maximum atomic E-state index is 12.5.